The number of imidazole rings is 1. The third-order valence-electron chi connectivity index (χ3n) is 4.71. The number of aromatic nitrogens is 2. The highest BCUT2D eigenvalue weighted by Crippen LogP contribution is 2.18. The summed E-state index contributed by atoms with van der Waals surface area (Å²) in [6.07, 6.45) is 0. The molecule has 4 aromatic rings. The minimum atomic E-state index is -0.0774. The van der Waals surface area contributed by atoms with Crippen molar-refractivity contribution in [2.45, 2.75) is 20.0 Å². The Hall–Kier alpha value is -3.40. The molecule has 27 heavy (non-hydrogen) atoms. The first kappa shape index (κ1) is 17.0. The van der Waals surface area contributed by atoms with Gasteiger partial charge in [-0.05, 0) is 36.2 Å². The molecule has 0 fully saturated rings. The summed E-state index contributed by atoms with van der Waals surface area (Å²) in [5.41, 5.74) is 4.87. The van der Waals surface area contributed by atoms with Gasteiger partial charge in [-0.2, -0.15) is 0 Å². The number of nitrogens with zero attached hydrogens (tertiary/aromatic N) is 2. The maximum atomic E-state index is 12.6. The maximum Gasteiger partial charge on any atom is 0.251 e. The maximum absolute atomic E-state index is 12.6. The van der Waals surface area contributed by atoms with Crippen LogP contribution >= 0.6 is 0 Å². The van der Waals surface area contributed by atoms with Gasteiger partial charge in [0.15, 0.2) is 0 Å². The van der Waals surface area contributed by atoms with Crippen molar-refractivity contribution in [3.63, 3.8) is 0 Å². The Morgan fingerprint density at radius 1 is 0.926 bits per heavy atom. The van der Waals surface area contributed by atoms with E-state index in [9.17, 15) is 4.79 Å². The van der Waals surface area contributed by atoms with E-state index in [1.807, 2.05) is 67.6 Å². The molecule has 0 aliphatic carbocycles. The Morgan fingerprint density at radius 3 is 2.44 bits per heavy atom. The summed E-state index contributed by atoms with van der Waals surface area (Å²) in [5.74, 6) is 0.772. The molecule has 1 heterocycles. The fraction of sp³-hybridized carbons (Fsp3) is 0.130. The Labute approximate surface area is 158 Å². The number of fused-ring (bicyclic) bond motifs is 1. The first-order valence-corrected chi connectivity index (χ1v) is 9.04. The summed E-state index contributed by atoms with van der Waals surface area (Å²) in [6, 6.07) is 26.0. The van der Waals surface area contributed by atoms with Crippen molar-refractivity contribution in [2.75, 3.05) is 0 Å². The number of carbonyl (C=O) groups excluding carboxylic acids is 1. The van der Waals surface area contributed by atoms with E-state index in [2.05, 4.69) is 28.1 Å². The summed E-state index contributed by atoms with van der Waals surface area (Å²) in [7, 11) is 0. The van der Waals surface area contributed by atoms with Crippen molar-refractivity contribution in [3.05, 3.63) is 101 Å². The standard InChI is InChI=1S/C23H21N3O/c1-17-9-5-6-12-19(17)23(27)24-15-22-25-20-13-7-8-14-21(20)26(22)16-18-10-3-2-4-11-18/h2-14H,15-16H2,1H3,(H,24,27). The van der Waals surface area contributed by atoms with Gasteiger partial charge in [-0.15, -0.1) is 0 Å². The van der Waals surface area contributed by atoms with Gasteiger partial charge in [0.1, 0.15) is 5.82 Å². The summed E-state index contributed by atoms with van der Waals surface area (Å²) in [4.78, 5) is 17.3. The van der Waals surface area contributed by atoms with E-state index < -0.39 is 0 Å². The van der Waals surface area contributed by atoms with Crippen molar-refractivity contribution in [1.29, 1.82) is 0 Å². The van der Waals surface area contributed by atoms with E-state index >= 15 is 0 Å². The fourth-order valence-corrected chi connectivity index (χ4v) is 3.28. The summed E-state index contributed by atoms with van der Waals surface area (Å²) >= 11 is 0. The van der Waals surface area contributed by atoms with Crippen LogP contribution in [0.3, 0.4) is 0 Å². The lowest BCUT2D eigenvalue weighted by molar-refractivity contribution is 0.0949. The minimum Gasteiger partial charge on any atom is -0.345 e. The molecular formula is C23H21N3O. The van der Waals surface area contributed by atoms with Crippen LogP contribution in [0.1, 0.15) is 27.3 Å². The van der Waals surface area contributed by atoms with E-state index in [1.165, 1.54) is 5.56 Å². The topological polar surface area (TPSA) is 46.9 Å². The number of carbonyl (C=O) groups is 1. The lowest BCUT2D eigenvalue weighted by Crippen LogP contribution is -2.25. The van der Waals surface area contributed by atoms with Crippen LogP contribution in [-0.2, 0) is 13.1 Å². The number of benzene rings is 3. The molecule has 0 saturated heterocycles. The van der Waals surface area contributed by atoms with Crippen LogP contribution in [-0.4, -0.2) is 15.5 Å². The van der Waals surface area contributed by atoms with Gasteiger partial charge in [0, 0.05) is 12.1 Å². The molecule has 0 spiro atoms. The SMILES string of the molecule is Cc1ccccc1C(=O)NCc1nc2ccccc2n1Cc1ccccc1. The fourth-order valence-electron chi connectivity index (χ4n) is 3.28. The second kappa shape index (κ2) is 7.46. The Balaban J connectivity index is 1.62. The first-order valence-electron chi connectivity index (χ1n) is 9.04. The number of para-hydroxylation sites is 2. The summed E-state index contributed by atoms with van der Waals surface area (Å²) < 4.78 is 2.17. The van der Waals surface area contributed by atoms with E-state index in [0.29, 0.717) is 12.1 Å². The zero-order chi connectivity index (χ0) is 18.6. The normalized spacial score (nSPS) is 10.9. The zero-order valence-electron chi connectivity index (χ0n) is 15.2. The molecule has 0 unspecified atom stereocenters. The van der Waals surface area contributed by atoms with Gasteiger partial charge in [0.05, 0.1) is 17.6 Å². The average molecular weight is 355 g/mol. The molecule has 0 radical (unpaired) electrons. The van der Waals surface area contributed by atoms with Crippen LogP contribution in [0.2, 0.25) is 0 Å². The van der Waals surface area contributed by atoms with Gasteiger partial charge in [0.2, 0.25) is 0 Å². The lowest BCUT2D eigenvalue weighted by atomic mass is 10.1. The molecule has 0 saturated carbocycles. The van der Waals surface area contributed by atoms with Crippen LogP contribution < -0.4 is 5.32 Å². The predicted molar refractivity (Wildman–Crippen MR) is 108 cm³/mol. The number of hydrogen-bond donors (Lipinski definition) is 1. The molecule has 1 amide bonds. The smallest absolute Gasteiger partial charge is 0.251 e. The first-order chi connectivity index (χ1) is 13.2. The Bertz CT molecular complexity index is 1080. The second-order valence-corrected chi connectivity index (χ2v) is 6.59. The highest BCUT2D eigenvalue weighted by Gasteiger charge is 2.13. The number of nitrogens with one attached hydrogen (secondary N) is 1. The zero-order valence-corrected chi connectivity index (χ0v) is 15.2. The quantitative estimate of drug-likeness (QED) is 0.579. The Morgan fingerprint density at radius 2 is 1.63 bits per heavy atom. The highest BCUT2D eigenvalue weighted by molar-refractivity contribution is 5.95. The van der Waals surface area contributed by atoms with Gasteiger partial charge in [-0.25, -0.2) is 4.98 Å². The number of amides is 1. The molecule has 0 aliphatic rings. The number of rotatable bonds is 5. The van der Waals surface area contributed by atoms with Crippen molar-refractivity contribution < 1.29 is 4.79 Å². The molecule has 1 N–H and O–H groups in total. The average Bonchev–Trinajstić information content (AvgIpc) is 3.05. The molecule has 4 heteroatoms. The third-order valence-corrected chi connectivity index (χ3v) is 4.71. The van der Waals surface area contributed by atoms with Crippen molar-refractivity contribution in [3.8, 4) is 0 Å². The van der Waals surface area contributed by atoms with Crippen LogP contribution in [0.25, 0.3) is 11.0 Å². The highest BCUT2D eigenvalue weighted by atomic mass is 16.1. The van der Waals surface area contributed by atoms with E-state index in [1.54, 1.807) is 0 Å². The molecule has 4 nitrogen and oxygen atoms in total. The minimum absolute atomic E-state index is 0.0774. The van der Waals surface area contributed by atoms with E-state index in [0.717, 1.165) is 29.0 Å². The van der Waals surface area contributed by atoms with Crippen LogP contribution in [0, 0.1) is 6.92 Å². The molecule has 0 aliphatic heterocycles. The van der Waals surface area contributed by atoms with Gasteiger partial charge >= 0.3 is 0 Å². The monoisotopic (exact) mass is 355 g/mol. The third kappa shape index (κ3) is 3.60. The largest absolute Gasteiger partial charge is 0.345 e. The van der Waals surface area contributed by atoms with E-state index in [-0.39, 0.29) is 5.91 Å². The molecule has 3 aromatic carbocycles. The van der Waals surface area contributed by atoms with Crippen LogP contribution in [0.5, 0.6) is 0 Å². The summed E-state index contributed by atoms with van der Waals surface area (Å²) in [6.45, 7) is 3.05. The van der Waals surface area contributed by atoms with E-state index in [4.69, 9.17) is 4.98 Å². The lowest BCUT2D eigenvalue weighted by Gasteiger charge is -2.11. The molecule has 134 valence electrons. The number of hydrogen-bond acceptors (Lipinski definition) is 2. The second-order valence-electron chi connectivity index (χ2n) is 6.59. The van der Waals surface area contributed by atoms with Crippen molar-refractivity contribution in [1.82, 2.24) is 14.9 Å². The van der Waals surface area contributed by atoms with Crippen molar-refractivity contribution >= 4 is 16.9 Å². The predicted octanol–water partition coefficient (Wildman–Crippen LogP) is 4.32. The molecule has 4 rings (SSSR count). The number of aryl methyl sites for hydroxylation is 1. The molecular weight excluding hydrogens is 334 g/mol. The van der Waals surface area contributed by atoms with Crippen molar-refractivity contribution in [2.24, 2.45) is 0 Å². The van der Waals surface area contributed by atoms with Gasteiger partial charge in [-0.3, -0.25) is 4.79 Å². The Kier molecular flexibility index (Phi) is 4.71. The van der Waals surface area contributed by atoms with Gasteiger partial charge in [-0.1, -0.05) is 60.7 Å². The summed E-state index contributed by atoms with van der Waals surface area (Å²) in [5, 5.41) is 3.02. The molecule has 0 bridgehead atoms. The van der Waals surface area contributed by atoms with Crippen LogP contribution in [0.4, 0.5) is 0 Å². The molecule has 1 aromatic heterocycles. The van der Waals surface area contributed by atoms with Gasteiger partial charge in [0.25, 0.3) is 5.91 Å². The molecule has 0 atom stereocenters. The van der Waals surface area contributed by atoms with Crippen LogP contribution in [0.15, 0.2) is 78.9 Å². The van der Waals surface area contributed by atoms with Gasteiger partial charge < -0.3 is 9.88 Å².